The highest BCUT2D eigenvalue weighted by Gasteiger charge is 2.32. The average molecular weight is 378 g/mol. The Labute approximate surface area is 156 Å². The van der Waals surface area contributed by atoms with Crippen LogP contribution in [-0.4, -0.2) is 56.5 Å². The lowest BCUT2D eigenvalue weighted by Crippen LogP contribution is -2.45. The summed E-state index contributed by atoms with van der Waals surface area (Å²) in [7, 11) is 1.95. The summed E-state index contributed by atoms with van der Waals surface area (Å²) in [4.78, 5) is 15.9. The van der Waals surface area contributed by atoms with Crippen molar-refractivity contribution >= 4 is 29.0 Å². The van der Waals surface area contributed by atoms with Gasteiger partial charge in [-0.1, -0.05) is 17.8 Å². The van der Waals surface area contributed by atoms with E-state index >= 15 is 0 Å². The number of nitrogens with zero attached hydrogens (tertiary/aromatic N) is 4. The molecule has 2 aromatic heterocycles. The van der Waals surface area contributed by atoms with Gasteiger partial charge in [-0.15, -0.1) is 21.5 Å². The van der Waals surface area contributed by atoms with Gasteiger partial charge in [-0.3, -0.25) is 4.79 Å². The van der Waals surface area contributed by atoms with E-state index in [1.165, 1.54) is 24.6 Å². The molecule has 0 atom stereocenters. The minimum Gasteiger partial charge on any atom is -0.353 e. The molecule has 1 aliphatic carbocycles. The highest BCUT2D eigenvalue weighted by atomic mass is 32.2. The van der Waals surface area contributed by atoms with E-state index in [0.717, 1.165) is 47.8 Å². The number of thiophene rings is 1. The lowest BCUT2D eigenvalue weighted by atomic mass is 10.1. The Bertz CT molecular complexity index is 717. The number of piperidine rings is 1. The summed E-state index contributed by atoms with van der Waals surface area (Å²) in [6, 6.07) is 5.19. The van der Waals surface area contributed by atoms with Crippen molar-refractivity contribution in [3.8, 4) is 10.7 Å². The zero-order chi connectivity index (χ0) is 17.2. The fourth-order valence-electron chi connectivity index (χ4n) is 3.31. The van der Waals surface area contributed by atoms with E-state index in [0.29, 0.717) is 11.8 Å². The molecule has 25 heavy (non-hydrogen) atoms. The molecular formula is C17H23N5OS2. The van der Waals surface area contributed by atoms with Crippen molar-refractivity contribution in [1.29, 1.82) is 0 Å². The van der Waals surface area contributed by atoms with Gasteiger partial charge in [0.15, 0.2) is 11.0 Å². The van der Waals surface area contributed by atoms with E-state index in [1.54, 1.807) is 11.3 Å². The van der Waals surface area contributed by atoms with Crippen molar-refractivity contribution in [2.45, 2.75) is 42.9 Å². The molecule has 2 aliphatic rings. The van der Waals surface area contributed by atoms with Crippen LogP contribution in [0.15, 0.2) is 22.7 Å². The Morgan fingerprint density at radius 1 is 1.32 bits per heavy atom. The Morgan fingerprint density at radius 2 is 2.12 bits per heavy atom. The molecule has 1 saturated heterocycles. The average Bonchev–Trinajstić information content (AvgIpc) is 3.20. The second kappa shape index (κ2) is 7.47. The van der Waals surface area contributed by atoms with Crippen molar-refractivity contribution in [1.82, 2.24) is 25.0 Å². The molecule has 8 heteroatoms. The van der Waals surface area contributed by atoms with Crippen molar-refractivity contribution in [3.05, 3.63) is 17.5 Å². The molecule has 1 aliphatic heterocycles. The van der Waals surface area contributed by atoms with E-state index in [-0.39, 0.29) is 5.91 Å². The summed E-state index contributed by atoms with van der Waals surface area (Å²) in [6.45, 7) is 2.24. The first-order valence-corrected chi connectivity index (χ1v) is 10.7. The number of likely N-dealkylation sites (tertiary alicyclic amines) is 1. The molecule has 2 aromatic rings. The molecule has 1 amide bonds. The lowest BCUT2D eigenvalue weighted by Gasteiger charge is -2.32. The Hall–Kier alpha value is -1.38. The van der Waals surface area contributed by atoms with Crippen LogP contribution in [0, 0.1) is 0 Å². The van der Waals surface area contributed by atoms with E-state index in [4.69, 9.17) is 0 Å². The van der Waals surface area contributed by atoms with Crippen LogP contribution < -0.4 is 5.32 Å². The number of amides is 1. The smallest absolute Gasteiger partial charge is 0.230 e. The second-order valence-electron chi connectivity index (χ2n) is 6.74. The molecule has 0 aromatic carbocycles. The van der Waals surface area contributed by atoms with Crippen molar-refractivity contribution < 1.29 is 4.79 Å². The summed E-state index contributed by atoms with van der Waals surface area (Å²) < 4.78 is 1.96. The van der Waals surface area contributed by atoms with Crippen LogP contribution in [0.1, 0.15) is 25.7 Å². The molecule has 0 radical (unpaired) electrons. The molecule has 0 bridgehead atoms. The summed E-state index contributed by atoms with van der Waals surface area (Å²) in [5.74, 6) is 1.33. The second-order valence-corrected chi connectivity index (χ2v) is 8.63. The summed E-state index contributed by atoms with van der Waals surface area (Å²) in [5, 5.41) is 14.5. The van der Waals surface area contributed by atoms with Crippen LogP contribution in [-0.2, 0) is 11.8 Å². The van der Waals surface area contributed by atoms with E-state index < -0.39 is 0 Å². The predicted molar refractivity (Wildman–Crippen MR) is 101 cm³/mol. The molecule has 4 rings (SSSR count). The Morgan fingerprint density at radius 3 is 2.80 bits per heavy atom. The molecule has 3 heterocycles. The standard InChI is InChI=1S/C17H23N5OS2/c1-21-16(14-3-2-10-24-14)19-20-17(21)25-11-15(23)18-12-6-8-22(9-7-12)13-4-5-13/h2-3,10,12-13H,4-9,11H2,1H3,(H,18,23). The number of nitrogens with one attached hydrogen (secondary N) is 1. The fourth-order valence-corrected chi connectivity index (χ4v) is 4.78. The van der Waals surface area contributed by atoms with Gasteiger partial charge in [-0.05, 0) is 37.1 Å². The van der Waals surface area contributed by atoms with Gasteiger partial charge in [0.1, 0.15) is 0 Å². The fraction of sp³-hybridized carbons (Fsp3) is 0.588. The van der Waals surface area contributed by atoms with Crippen LogP contribution in [0.4, 0.5) is 0 Å². The van der Waals surface area contributed by atoms with Gasteiger partial charge >= 0.3 is 0 Å². The zero-order valence-corrected chi connectivity index (χ0v) is 16.0. The quantitative estimate of drug-likeness (QED) is 0.783. The lowest BCUT2D eigenvalue weighted by molar-refractivity contribution is -0.119. The topological polar surface area (TPSA) is 63.1 Å². The molecular weight excluding hydrogens is 354 g/mol. The number of hydrogen-bond donors (Lipinski definition) is 1. The molecule has 0 unspecified atom stereocenters. The van der Waals surface area contributed by atoms with Crippen LogP contribution in [0.25, 0.3) is 10.7 Å². The predicted octanol–water partition coefficient (Wildman–Crippen LogP) is 2.38. The largest absolute Gasteiger partial charge is 0.353 e. The highest BCUT2D eigenvalue weighted by Crippen LogP contribution is 2.29. The molecule has 0 spiro atoms. The molecule has 6 nitrogen and oxygen atoms in total. The van der Waals surface area contributed by atoms with Gasteiger partial charge in [-0.2, -0.15) is 0 Å². The van der Waals surface area contributed by atoms with Crippen LogP contribution >= 0.6 is 23.1 Å². The third-order valence-corrected chi connectivity index (χ3v) is 6.75. The maximum atomic E-state index is 12.3. The SMILES string of the molecule is Cn1c(SCC(=O)NC2CCN(C3CC3)CC2)nnc1-c1cccs1. The van der Waals surface area contributed by atoms with Crippen molar-refractivity contribution in [2.24, 2.45) is 7.05 Å². The Balaban J connectivity index is 1.25. The van der Waals surface area contributed by atoms with Crippen LogP contribution in [0.2, 0.25) is 0 Å². The maximum absolute atomic E-state index is 12.3. The molecule has 1 N–H and O–H groups in total. The van der Waals surface area contributed by atoms with Gasteiger partial charge in [0.25, 0.3) is 0 Å². The summed E-state index contributed by atoms with van der Waals surface area (Å²) in [6.07, 6.45) is 4.86. The first-order valence-electron chi connectivity index (χ1n) is 8.80. The van der Waals surface area contributed by atoms with Gasteiger partial charge in [-0.25, -0.2) is 0 Å². The summed E-state index contributed by atoms with van der Waals surface area (Å²) >= 11 is 3.09. The number of rotatable bonds is 6. The van der Waals surface area contributed by atoms with Gasteiger partial charge in [0, 0.05) is 32.2 Å². The number of hydrogen-bond acceptors (Lipinski definition) is 6. The van der Waals surface area contributed by atoms with Gasteiger partial charge < -0.3 is 14.8 Å². The first kappa shape index (κ1) is 17.1. The first-order chi connectivity index (χ1) is 12.2. The molecule has 2 fully saturated rings. The minimum atomic E-state index is 0.0931. The number of carbonyl (C=O) groups excluding carboxylic acids is 1. The molecule has 1 saturated carbocycles. The zero-order valence-electron chi connectivity index (χ0n) is 14.4. The van der Waals surface area contributed by atoms with Crippen LogP contribution in [0.3, 0.4) is 0 Å². The monoisotopic (exact) mass is 377 g/mol. The minimum absolute atomic E-state index is 0.0931. The van der Waals surface area contributed by atoms with Crippen molar-refractivity contribution in [2.75, 3.05) is 18.8 Å². The Kier molecular flexibility index (Phi) is 5.10. The summed E-state index contributed by atoms with van der Waals surface area (Å²) in [5.41, 5.74) is 0. The normalized spacial score (nSPS) is 19.2. The molecule has 134 valence electrons. The number of carbonyl (C=O) groups is 1. The number of thioether (sulfide) groups is 1. The highest BCUT2D eigenvalue weighted by molar-refractivity contribution is 7.99. The van der Waals surface area contributed by atoms with Gasteiger partial charge in [0.2, 0.25) is 5.91 Å². The van der Waals surface area contributed by atoms with Gasteiger partial charge in [0.05, 0.1) is 10.6 Å². The third kappa shape index (κ3) is 4.07. The number of aromatic nitrogens is 3. The van der Waals surface area contributed by atoms with E-state index in [2.05, 4.69) is 20.4 Å². The van der Waals surface area contributed by atoms with E-state index in [9.17, 15) is 4.79 Å². The van der Waals surface area contributed by atoms with Crippen LogP contribution in [0.5, 0.6) is 0 Å². The van der Waals surface area contributed by atoms with Crippen molar-refractivity contribution in [3.63, 3.8) is 0 Å². The third-order valence-electron chi connectivity index (χ3n) is 4.87. The maximum Gasteiger partial charge on any atom is 0.230 e. The van der Waals surface area contributed by atoms with E-state index in [1.807, 2.05) is 29.1 Å².